The van der Waals surface area contributed by atoms with E-state index in [-0.39, 0.29) is 30.0 Å². The van der Waals surface area contributed by atoms with Gasteiger partial charge in [0.2, 0.25) is 15.9 Å². The van der Waals surface area contributed by atoms with E-state index < -0.39 is 15.4 Å². The Hall–Kier alpha value is -2.91. The summed E-state index contributed by atoms with van der Waals surface area (Å²) in [5.74, 6) is 0.1000. The van der Waals surface area contributed by atoms with Crippen LogP contribution >= 0.6 is 0 Å². The van der Waals surface area contributed by atoms with E-state index in [1.165, 1.54) is 31.2 Å². The van der Waals surface area contributed by atoms with Crippen LogP contribution in [0.25, 0.3) is 0 Å². The van der Waals surface area contributed by atoms with Gasteiger partial charge in [0.15, 0.2) is 0 Å². The van der Waals surface area contributed by atoms with E-state index in [2.05, 4.69) is 0 Å². The number of nitrogens with zero attached hydrogens (tertiary/aromatic N) is 1. The number of likely N-dealkylation sites (tertiary alicyclic amines) is 1. The van der Waals surface area contributed by atoms with Crippen molar-refractivity contribution in [2.24, 2.45) is 5.14 Å². The number of sulfonamides is 1. The van der Waals surface area contributed by atoms with Gasteiger partial charge in [-0.3, -0.25) is 9.59 Å². The second-order valence-corrected chi connectivity index (χ2v) is 9.02. The van der Waals surface area contributed by atoms with E-state index in [9.17, 15) is 18.0 Å². The number of rotatable bonds is 7. The molecule has 1 amide bonds. The average Bonchev–Trinajstić information content (AvgIpc) is 2.77. The third-order valence-electron chi connectivity index (χ3n) is 5.52. The van der Waals surface area contributed by atoms with Crippen molar-refractivity contribution in [2.75, 3.05) is 26.3 Å². The number of primary sulfonamides is 1. The normalized spacial score (nSPS) is 15.9. The smallest absolute Gasteiger partial charge is 0.316 e. The number of benzene rings is 2. The maximum Gasteiger partial charge on any atom is 0.316 e. The molecule has 0 aromatic heterocycles. The zero-order chi connectivity index (χ0) is 22.5. The van der Waals surface area contributed by atoms with Crippen LogP contribution < -0.4 is 9.88 Å². The number of nitrogens with two attached hydrogens (primary N) is 1. The Kier molecular flexibility index (Phi) is 6.97. The number of hydrogen-bond donors (Lipinski definition) is 1. The minimum atomic E-state index is -3.76. The van der Waals surface area contributed by atoms with Crippen LogP contribution in [0.4, 0.5) is 0 Å². The quantitative estimate of drug-likeness (QED) is 0.512. The maximum absolute atomic E-state index is 13.1. The van der Waals surface area contributed by atoms with Crippen LogP contribution in [-0.4, -0.2) is 51.5 Å². The summed E-state index contributed by atoms with van der Waals surface area (Å²) < 4.78 is 33.7. The fraction of sp³-hybridized carbons (Fsp3) is 0.364. The minimum Gasteiger partial charge on any atom is -0.490 e. The molecule has 8 nitrogen and oxygen atoms in total. The van der Waals surface area contributed by atoms with Gasteiger partial charge in [0, 0.05) is 20.0 Å². The van der Waals surface area contributed by atoms with Gasteiger partial charge in [-0.15, -0.1) is 0 Å². The molecule has 1 aliphatic rings. The van der Waals surface area contributed by atoms with E-state index in [0.717, 1.165) is 5.56 Å². The molecule has 0 aliphatic carbocycles. The summed E-state index contributed by atoms with van der Waals surface area (Å²) in [6, 6.07) is 15.2. The lowest BCUT2D eigenvalue weighted by atomic mass is 9.72. The van der Waals surface area contributed by atoms with Gasteiger partial charge in [-0.25, -0.2) is 13.6 Å². The molecule has 1 aliphatic heterocycles. The molecule has 3 rings (SSSR count). The van der Waals surface area contributed by atoms with Crippen molar-refractivity contribution < 1.29 is 27.5 Å². The molecule has 2 aromatic carbocycles. The number of ether oxygens (including phenoxy) is 2. The third-order valence-corrected chi connectivity index (χ3v) is 6.45. The first-order valence-electron chi connectivity index (χ1n) is 9.96. The molecule has 0 bridgehead atoms. The van der Waals surface area contributed by atoms with Gasteiger partial charge >= 0.3 is 5.97 Å². The van der Waals surface area contributed by atoms with Crippen molar-refractivity contribution in [3.63, 3.8) is 0 Å². The topological polar surface area (TPSA) is 116 Å². The van der Waals surface area contributed by atoms with E-state index >= 15 is 0 Å². The molecule has 2 aromatic rings. The Balaban J connectivity index is 1.60. The second-order valence-electron chi connectivity index (χ2n) is 7.45. The van der Waals surface area contributed by atoms with E-state index in [4.69, 9.17) is 14.6 Å². The predicted octanol–water partition coefficient (Wildman–Crippen LogP) is 1.84. The van der Waals surface area contributed by atoms with Crippen LogP contribution in [0, 0.1) is 0 Å². The molecule has 9 heteroatoms. The lowest BCUT2D eigenvalue weighted by Crippen LogP contribution is -2.49. The first-order valence-corrected chi connectivity index (χ1v) is 11.5. The fourth-order valence-corrected chi connectivity index (χ4v) is 4.24. The molecule has 0 spiro atoms. The van der Waals surface area contributed by atoms with Crippen LogP contribution in [0.5, 0.6) is 5.75 Å². The summed E-state index contributed by atoms with van der Waals surface area (Å²) in [7, 11) is -3.76. The highest BCUT2D eigenvalue weighted by atomic mass is 32.2. The highest BCUT2D eigenvalue weighted by Gasteiger charge is 2.44. The molecule has 0 radical (unpaired) electrons. The molecule has 0 atom stereocenters. The Bertz CT molecular complexity index is 1010. The highest BCUT2D eigenvalue weighted by molar-refractivity contribution is 7.89. The van der Waals surface area contributed by atoms with Crippen LogP contribution in [0.1, 0.15) is 25.3 Å². The van der Waals surface area contributed by atoms with Crippen molar-refractivity contribution in [1.82, 2.24) is 4.90 Å². The average molecular weight is 447 g/mol. The van der Waals surface area contributed by atoms with Gasteiger partial charge in [-0.2, -0.15) is 0 Å². The summed E-state index contributed by atoms with van der Waals surface area (Å²) in [4.78, 5) is 26.5. The lowest BCUT2D eigenvalue weighted by molar-refractivity contribution is -0.155. The number of esters is 1. The van der Waals surface area contributed by atoms with Crippen LogP contribution in [0.3, 0.4) is 0 Å². The predicted molar refractivity (Wildman–Crippen MR) is 114 cm³/mol. The molecule has 31 heavy (non-hydrogen) atoms. The monoisotopic (exact) mass is 446 g/mol. The molecular formula is C22H26N2O6S. The number of piperidine rings is 1. The largest absolute Gasteiger partial charge is 0.490 e. The SMILES string of the molecule is CC(=O)N1CCC(C(=O)OCCOc2ccc(S(N)(=O)=O)cc2)(c2ccccc2)CC1. The molecule has 0 unspecified atom stereocenters. The molecule has 0 saturated carbocycles. The molecule has 2 N–H and O–H groups in total. The number of hydrogen-bond acceptors (Lipinski definition) is 6. The van der Waals surface area contributed by atoms with E-state index in [1.54, 1.807) is 4.90 Å². The van der Waals surface area contributed by atoms with Gasteiger partial charge < -0.3 is 14.4 Å². The Morgan fingerprint density at radius 2 is 1.61 bits per heavy atom. The van der Waals surface area contributed by atoms with Crippen molar-refractivity contribution in [1.29, 1.82) is 0 Å². The number of amides is 1. The molecule has 166 valence electrons. The Morgan fingerprint density at radius 3 is 2.16 bits per heavy atom. The van der Waals surface area contributed by atoms with Crippen LogP contribution in [0.15, 0.2) is 59.5 Å². The minimum absolute atomic E-state index is 0.00289. The van der Waals surface area contributed by atoms with Gasteiger partial charge in [0.25, 0.3) is 0 Å². The molecule has 1 fully saturated rings. The third kappa shape index (κ3) is 5.42. The first kappa shape index (κ1) is 22.8. The highest BCUT2D eigenvalue weighted by Crippen LogP contribution is 2.37. The summed E-state index contributed by atoms with van der Waals surface area (Å²) in [5, 5.41) is 5.07. The van der Waals surface area contributed by atoms with Crippen LogP contribution in [-0.2, 0) is 29.8 Å². The number of carbonyl (C=O) groups excluding carboxylic acids is 2. The van der Waals surface area contributed by atoms with Crippen molar-refractivity contribution >= 4 is 21.9 Å². The Labute approximate surface area is 182 Å². The zero-order valence-electron chi connectivity index (χ0n) is 17.3. The van der Waals surface area contributed by atoms with Crippen molar-refractivity contribution in [3.8, 4) is 5.75 Å². The van der Waals surface area contributed by atoms with Gasteiger partial charge in [0.1, 0.15) is 19.0 Å². The Morgan fingerprint density at radius 1 is 1.00 bits per heavy atom. The number of carbonyl (C=O) groups is 2. The summed E-state index contributed by atoms with van der Waals surface area (Å²) in [6.07, 6.45) is 0.983. The standard InChI is InChI=1S/C22H26N2O6S/c1-17(25)24-13-11-22(12-14-24,18-5-3-2-4-6-18)21(26)30-16-15-29-19-7-9-20(10-8-19)31(23,27)28/h2-10H,11-16H2,1H3,(H2,23,27,28). The summed E-state index contributed by atoms with van der Waals surface area (Å²) >= 11 is 0. The van der Waals surface area contributed by atoms with Gasteiger partial charge in [-0.1, -0.05) is 30.3 Å². The fourth-order valence-electron chi connectivity index (χ4n) is 3.73. The van der Waals surface area contributed by atoms with Crippen molar-refractivity contribution in [3.05, 3.63) is 60.2 Å². The molecular weight excluding hydrogens is 420 g/mol. The summed E-state index contributed by atoms with van der Waals surface area (Å²) in [6.45, 7) is 2.67. The second kappa shape index (κ2) is 9.49. The lowest BCUT2D eigenvalue weighted by Gasteiger charge is -2.40. The van der Waals surface area contributed by atoms with Gasteiger partial charge in [0.05, 0.1) is 10.3 Å². The molecule has 1 heterocycles. The molecule has 1 saturated heterocycles. The van der Waals surface area contributed by atoms with Crippen molar-refractivity contribution in [2.45, 2.75) is 30.1 Å². The zero-order valence-corrected chi connectivity index (χ0v) is 18.1. The van der Waals surface area contributed by atoms with E-state index in [1.807, 2.05) is 30.3 Å². The maximum atomic E-state index is 13.1. The summed E-state index contributed by atoms with van der Waals surface area (Å²) in [5.41, 5.74) is 0.0763. The van der Waals surface area contributed by atoms with Gasteiger partial charge in [-0.05, 0) is 42.7 Å². The van der Waals surface area contributed by atoms with E-state index in [0.29, 0.717) is 31.7 Å². The van der Waals surface area contributed by atoms with Crippen LogP contribution in [0.2, 0.25) is 0 Å². The first-order chi connectivity index (χ1) is 14.7.